The molecule has 33 heavy (non-hydrogen) atoms. The zero-order valence-electron chi connectivity index (χ0n) is 18.4. The fourth-order valence-electron chi connectivity index (χ4n) is 3.97. The molecular formula is C27H27NO5. The number of ether oxygens (including phenoxy) is 3. The molecule has 1 amide bonds. The Morgan fingerprint density at radius 1 is 0.727 bits per heavy atom. The zero-order chi connectivity index (χ0) is 22.9. The van der Waals surface area contributed by atoms with Crippen LogP contribution in [0.1, 0.15) is 33.8 Å². The van der Waals surface area contributed by atoms with Crippen LogP contribution in [0.3, 0.4) is 0 Å². The van der Waals surface area contributed by atoms with Crippen LogP contribution in [0.4, 0.5) is 4.79 Å². The number of nitrogens with one attached hydrogen (secondary N) is 1. The maximum atomic E-state index is 12.1. The highest BCUT2D eigenvalue weighted by molar-refractivity contribution is 5.89. The Hall–Kier alpha value is -3.64. The van der Waals surface area contributed by atoms with Crippen LogP contribution in [0.5, 0.6) is 0 Å². The molecule has 4 rings (SSSR count). The van der Waals surface area contributed by atoms with Crippen molar-refractivity contribution in [1.82, 2.24) is 5.32 Å². The number of rotatable bonds is 10. The van der Waals surface area contributed by atoms with E-state index in [9.17, 15) is 9.59 Å². The standard InChI is InChI=1S/C27H27NO5/c29-26(20-9-2-1-3-10-20)32-18-17-31-16-8-15-28-27(30)33-19-25-23-13-6-4-11-21(23)22-12-5-7-14-24(22)25/h1-7,9-14,25H,8,15-19H2,(H,28,30). The SMILES string of the molecule is O=C(NCCCOCCOC(=O)c1ccccc1)OCC1c2ccccc2-c2ccccc21. The Bertz CT molecular complexity index is 1040. The predicted molar refractivity (Wildman–Crippen MR) is 125 cm³/mol. The number of hydrogen-bond acceptors (Lipinski definition) is 5. The highest BCUT2D eigenvalue weighted by Gasteiger charge is 2.28. The van der Waals surface area contributed by atoms with Crippen LogP contribution in [0, 0.1) is 0 Å². The lowest BCUT2D eigenvalue weighted by Crippen LogP contribution is -2.27. The fourth-order valence-corrected chi connectivity index (χ4v) is 3.97. The van der Waals surface area contributed by atoms with Crippen LogP contribution in [0.15, 0.2) is 78.9 Å². The second-order valence-corrected chi connectivity index (χ2v) is 7.72. The monoisotopic (exact) mass is 445 g/mol. The molecule has 1 N–H and O–H groups in total. The summed E-state index contributed by atoms with van der Waals surface area (Å²) in [5, 5.41) is 2.76. The Kier molecular flexibility index (Phi) is 7.72. The first-order chi connectivity index (χ1) is 16.2. The molecule has 0 radical (unpaired) electrons. The van der Waals surface area contributed by atoms with Crippen molar-refractivity contribution in [2.45, 2.75) is 12.3 Å². The minimum atomic E-state index is -0.436. The van der Waals surface area contributed by atoms with Gasteiger partial charge in [-0.05, 0) is 40.8 Å². The highest BCUT2D eigenvalue weighted by Crippen LogP contribution is 2.44. The third-order valence-electron chi connectivity index (χ3n) is 5.55. The number of carbonyl (C=O) groups is 2. The van der Waals surface area contributed by atoms with E-state index in [1.807, 2.05) is 30.3 Å². The van der Waals surface area contributed by atoms with Gasteiger partial charge in [0.2, 0.25) is 0 Å². The fraction of sp³-hybridized carbons (Fsp3) is 0.259. The highest BCUT2D eigenvalue weighted by atomic mass is 16.6. The molecule has 3 aromatic rings. The Morgan fingerprint density at radius 2 is 1.36 bits per heavy atom. The molecule has 0 atom stereocenters. The molecule has 0 aromatic heterocycles. The minimum Gasteiger partial charge on any atom is -0.460 e. The maximum absolute atomic E-state index is 12.1. The average molecular weight is 446 g/mol. The van der Waals surface area contributed by atoms with Crippen molar-refractivity contribution < 1.29 is 23.8 Å². The predicted octanol–water partition coefficient (Wildman–Crippen LogP) is 4.79. The van der Waals surface area contributed by atoms with Crippen LogP contribution in [0.25, 0.3) is 11.1 Å². The molecule has 0 saturated heterocycles. The van der Waals surface area contributed by atoms with Gasteiger partial charge in [-0.25, -0.2) is 9.59 Å². The average Bonchev–Trinajstić information content (AvgIpc) is 3.18. The number of amides is 1. The van der Waals surface area contributed by atoms with E-state index < -0.39 is 6.09 Å². The number of carbonyl (C=O) groups excluding carboxylic acids is 2. The molecule has 1 aliphatic carbocycles. The molecule has 0 spiro atoms. The van der Waals surface area contributed by atoms with E-state index in [2.05, 4.69) is 29.6 Å². The van der Waals surface area contributed by atoms with Gasteiger partial charge >= 0.3 is 12.1 Å². The Morgan fingerprint density at radius 3 is 2.06 bits per heavy atom. The molecule has 0 fully saturated rings. The summed E-state index contributed by atoms with van der Waals surface area (Å²) in [6.07, 6.45) is 0.199. The van der Waals surface area contributed by atoms with E-state index in [0.29, 0.717) is 38.3 Å². The summed E-state index contributed by atoms with van der Waals surface area (Å²) in [6.45, 7) is 1.69. The van der Waals surface area contributed by atoms with Crippen LogP contribution in [0.2, 0.25) is 0 Å². The quantitative estimate of drug-likeness (QED) is 0.359. The van der Waals surface area contributed by atoms with E-state index in [4.69, 9.17) is 14.2 Å². The largest absolute Gasteiger partial charge is 0.460 e. The zero-order valence-corrected chi connectivity index (χ0v) is 18.4. The normalized spacial score (nSPS) is 12.0. The van der Waals surface area contributed by atoms with Crippen molar-refractivity contribution >= 4 is 12.1 Å². The van der Waals surface area contributed by atoms with E-state index >= 15 is 0 Å². The summed E-state index contributed by atoms with van der Waals surface area (Å²) < 4.78 is 16.1. The van der Waals surface area contributed by atoms with Gasteiger partial charge in [-0.15, -0.1) is 0 Å². The van der Waals surface area contributed by atoms with E-state index in [1.54, 1.807) is 24.3 Å². The second kappa shape index (κ2) is 11.3. The van der Waals surface area contributed by atoms with Crippen molar-refractivity contribution in [3.63, 3.8) is 0 Å². The first-order valence-electron chi connectivity index (χ1n) is 11.1. The van der Waals surface area contributed by atoms with E-state index in [0.717, 1.165) is 0 Å². The van der Waals surface area contributed by atoms with Gasteiger partial charge in [0.1, 0.15) is 13.2 Å². The summed E-state index contributed by atoms with van der Waals surface area (Å²) >= 11 is 0. The van der Waals surface area contributed by atoms with Gasteiger partial charge in [-0.1, -0.05) is 66.7 Å². The molecule has 0 unspecified atom stereocenters. The molecule has 0 bridgehead atoms. The van der Waals surface area contributed by atoms with E-state index in [-0.39, 0.29) is 18.5 Å². The summed E-state index contributed by atoms with van der Waals surface area (Å²) in [4.78, 5) is 23.9. The van der Waals surface area contributed by atoms with Gasteiger partial charge in [-0.2, -0.15) is 0 Å². The van der Waals surface area contributed by atoms with Crippen molar-refractivity contribution in [1.29, 1.82) is 0 Å². The lowest BCUT2D eigenvalue weighted by atomic mass is 9.98. The lowest BCUT2D eigenvalue weighted by molar-refractivity contribution is 0.0314. The molecule has 6 heteroatoms. The first kappa shape index (κ1) is 22.6. The molecule has 0 heterocycles. The number of esters is 1. The third-order valence-corrected chi connectivity index (χ3v) is 5.55. The van der Waals surface area contributed by atoms with Crippen LogP contribution >= 0.6 is 0 Å². The topological polar surface area (TPSA) is 73.9 Å². The van der Waals surface area contributed by atoms with Crippen molar-refractivity contribution in [2.75, 3.05) is 33.0 Å². The molecule has 0 saturated carbocycles. The summed E-state index contributed by atoms with van der Waals surface area (Å²) in [5.74, 6) is -0.318. The lowest BCUT2D eigenvalue weighted by Gasteiger charge is -2.14. The van der Waals surface area contributed by atoms with Gasteiger partial charge in [0, 0.05) is 19.1 Å². The van der Waals surface area contributed by atoms with E-state index in [1.165, 1.54) is 22.3 Å². The Balaban J connectivity index is 1.10. The molecule has 0 aliphatic heterocycles. The maximum Gasteiger partial charge on any atom is 0.407 e. The van der Waals surface area contributed by atoms with Gasteiger partial charge < -0.3 is 19.5 Å². The number of benzene rings is 3. The number of alkyl carbamates (subject to hydrolysis) is 1. The molecule has 170 valence electrons. The van der Waals surface area contributed by atoms with Crippen molar-refractivity contribution in [2.24, 2.45) is 0 Å². The second-order valence-electron chi connectivity index (χ2n) is 7.72. The summed E-state index contributed by atoms with van der Waals surface area (Å²) in [6, 6.07) is 25.3. The Labute approximate surface area is 193 Å². The minimum absolute atomic E-state index is 0.0464. The third kappa shape index (κ3) is 5.79. The first-order valence-corrected chi connectivity index (χ1v) is 11.1. The van der Waals surface area contributed by atoms with Crippen LogP contribution in [-0.2, 0) is 14.2 Å². The van der Waals surface area contributed by atoms with Gasteiger partial charge in [0.15, 0.2) is 0 Å². The molecule has 6 nitrogen and oxygen atoms in total. The van der Waals surface area contributed by atoms with Gasteiger partial charge in [0.05, 0.1) is 12.2 Å². The van der Waals surface area contributed by atoms with Gasteiger partial charge in [0.25, 0.3) is 0 Å². The molecule has 1 aliphatic rings. The smallest absolute Gasteiger partial charge is 0.407 e. The molecule has 3 aromatic carbocycles. The number of fused-ring (bicyclic) bond motifs is 3. The van der Waals surface area contributed by atoms with Gasteiger partial charge in [-0.3, -0.25) is 0 Å². The molecular weight excluding hydrogens is 418 g/mol. The van der Waals surface area contributed by atoms with Crippen LogP contribution in [-0.4, -0.2) is 45.0 Å². The van der Waals surface area contributed by atoms with Crippen molar-refractivity contribution in [3.8, 4) is 11.1 Å². The summed E-state index contributed by atoms with van der Waals surface area (Å²) in [5.41, 5.74) is 5.30. The van der Waals surface area contributed by atoms with Crippen LogP contribution < -0.4 is 5.32 Å². The summed E-state index contributed by atoms with van der Waals surface area (Å²) in [7, 11) is 0. The number of hydrogen-bond donors (Lipinski definition) is 1. The van der Waals surface area contributed by atoms with Crippen molar-refractivity contribution in [3.05, 3.63) is 95.6 Å².